The highest BCUT2D eigenvalue weighted by Gasteiger charge is 2.44. The van der Waals surface area contributed by atoms with Crippen LogP contribution in [0.25, 0.3) is 11.1 Å². The SMILES string of the molecule is CCNC(=O)[C@]1(Cc2cccc(-c3cccnc3)c2)CCCN(C(=O)C2CCCC2)C1. The molecule has 31 heavy (non-hydrogen) atoms. The van der Waals surface area contributed by atoms with Crippen LogP contribution in [-0.4, -0.2) is 41.3 Å². The maximum atomic E-state index is 13.3. The van der Waals surface area contributed by atoms with Crippen molar-refractivity contribution < 1.29 is 9.59 Å². The summed E-state index contributed by atoms with van der Waals surface area (Å²) < 4.78 is 0. The van der Waals surface area contributed by atoms with E-state index >= 15 is 0 Å². The molecule has 0 unspecified atom stereocenters. The van der Waals surface area contributed by atoms with Gasteiger partial charge in [-0.2, -0.15) is 0 Å². The largest absolute Gasteiger partial charge is 0.356 e. The van der Waals surface area contributed by atoms with Gasteiger partial charge in [-0.25, -0.2) is 0 Å². The number of nitrogens with one attached hydrogen (secondary N) is 1. The van der Waals surface area contributed by atoms with E-state index in [1.54, 1.807) is 6.20 Å². The van der Waals surface area contributed by atoms with Gasteiger partial charge in [-0.3, -0.25) is 14.6 Å². The highest BCUT2D eigenvalue weighted by atomic mass is 16.2. The summed E-state index contributed by atoms with van der Waals surface area (Å²) in [7, 11) is 0. The number of pyridine rings is 1. The molecular weight excluding hydrogens is 386 g/mol. The highest BCUT2D eigenvalue weighted by Crippen LogP contribution is 2.37. The summed E-state index contributed by atoms with van der Waals surface area (Å²) in [6.45, 7) is 3.85. The monoisotopic (exact) mass is 419 g/mol. The molecule has 0 bridgehead atoms. The molecule has 1 aliphatic heterocycles. The van der Waals surface area contributed by atoms with Gasteiger partial charge in [-0.05, 0) is 61.8 Å². The predicted molar refractivity (Wildman–Crippen MR) is 122 cm³/mol. The highest BCUT2D eigenvalue weighted by molar-refractivity contribution is 5.85. The van der Waals surface area contributed by atoms with Crippen molar-refractivity contribution in [1.29, 1.82) is 0 Å². The molecule has 1 aromatic heterocycles. The molecule has 0 radical (unpaired) electrons. The second-order valence-electron chi connectivity index (χ2n) is 9.10. The maximum Gasteiger partial charge on any atom is 0.228 e. The maximum absolute atomic E-state index is 13.3. The molecule has 2 aromatic rings. The molecular formula is C26H33N3O2. The van der Waals surface area contributed by atoms with Crippen LogP contribution in [0.3, 0.4) is 0 Å². The van der Waals surface area contributed by atoms with Gasteiger partial charge in [0.15, 0.2) is 0 Å². The zero-order chi connectivity index (χ0) is 21.7. The number of nitrogens with zero attached hydrogens (tertiary/aromatic N) is 2. The number of rotatable bonds is 6. The van der Waals surface area contributed by atoms with Crippen molar-refractivity contribution in [3.63, 3.8) is 0 Å². The average molecular weight is 420 g/mol. The van der Waals surface area contributed by atoms with Gasteiger partial charge in [-0.1, -0.05) is 43.2 Å². The Labute approximate surface area is 185 Å². The van der Waals surface area contributed by atoms with Crippen molar-refractivity contribution in [3.05, 3.63) is 54.4 Å². The van der Waals surface area contributed by atoms with E-state index in [4.69, 9.17) is 0 Å². The summed E-state index contributed by atoms with van der Waals surface area (Å²) in [5, 5.41) is 3.06. The van der Waals surface area contributed by atoms with E-state index in [1.807, 2.05) is 36.2 Å². The number of benzene rings is 1. The lowest BCUT2D eigenvalue weighted by molar-refractivity contribution is -0.144. The van der Waals surface area contributed by atoms with Crippen molar-refractivity contribution in [1.82, 2.24) is 15.2 Å². The van der Waals surface area contributed by atoms with Gasteiger partial charge in [0, 0.05) is 37.9 Å². The third-order valence-corrected chi connectivity index (χ3v) is 6.88. The molecule has 1 saturated heterocycles. The van der Waals surface area contributed by atoms with Crippen LogP contribution >= 0.6 is 0 Å². The van der Waals surface area contributed by atoms with Gasteiger partial charge < -0.3 is 10.2 Å². The van der Waals surface area contributed by atoms with Gasteiger partial charge in [0.2, 0.25) is 11.8 Å². The lowest BCUT2D eigenvalue weighted by Crippen LogP contribution is -2.55. The molecule has 1 saturated carbocycles. The molecule has 2 aliphatic rings. The van der Waals surface area contributed by atoms with Crippen LogP contribution < -0.4 is 5.32 Å². The first-order chi connectivity index (χ1) is 15.1. The number of piperidine rings is 1. The Hall–Kier alpha value is -2.69. The summed E-state index contributed by atoms with van der Waals surface area (Å²) in [6.07, 6.45) is 10.2. The molecule has 2 heterocycles. The van der Waals surface area contributed by atoms with Gasteiger partial charge in [0.1, 0.15) is 0 Å². The molecule has 1 aliphatic carbocycles. The number of likely N-dealkylation sites (tertiary alicyclic amines) is 1. The lowest BCUT2D eigenvalue weighted by Gasteiger charge is -2.42. The summed E-state index contributed by atoms with van der Waals surface area (Å²) in [5.41, 5.74) is 2.73. The van der Waals surface area contributed by atoms with Crippen LogP contribution in [0.1, 0.15) is 51.0 Å². The summed E-state index contributed by atoms with van der Waals surface area (Å²) in [6, 6.07) is 12.4. The minimum Gasteiger partial charge on any atom is -0.356 e. The summed E-state index contributed by atoms with van der Waals surface area (Å²) in [5.74, 6) is 0.486. The quantitative estimate of drug-likeness (QED) is 0.762. The predicted octanol–water partition coefficient (Wildman–Crippen LogP) is 4.23. The van der Waals surface area contributed by atoms with Crippen LogP contribution in [0.15, 0.2) is 48.8 Å². The van der Waals surface area contributed by atoms with Crippen molar-refractivity contribution >= 4 is 11.8 Å². The zero-order valence-corrected chi connectivity index (χ0v) is 18.5. The Morgan fingerprint density at radius 1 is 1.13 bits per heavy atom. The molecule has 1 N–H and O–H groups in total. The van der Waals surface area contributed by atoms with Gasteiger partial charge in [0.05, 0.1) is 5.41 Å². The van der Waals surface area contributed by atoms with E-state index < -0.39 is 5.41 Å². The number of carbonyl (C=O) groups excluding carboxylic acids is 2. The fourth-order valence-corrected chi connectivity index (χ4v) is 5.29. The number of carbonyl (C=O) groups is 2. The van der Waals surface area contributed by atoms with Gasteiger partial charge in [0.25, 0.3) is 0 Å². The molecule has 5 nitrogen and oxygen atoms in total. The van der Waals surface area contributed by atoms with Gasteiger partial charge >= 0.3 is 0 Å². The third kappa shape index (κ3) is 4.81. The van der Waals surface area contributed by atoms with Crippen LogP contribution in [0.4, 0.5) is 0 Å². The molecule has 4 rings (SSSR count). The van der Waals surface area contributed by atoms with Crippen LogP contribution in [0.5, 0.6) is 0 Å². The standard InChI is InChI=1S/C26H33N3O2/c1-2-28-25(31)26(13-7-15-29(19-26)24(30)21-9-3-4-10-21)17-20-8-5-11-22(16-20)23-12-6-14-27-18-23/h5-6,8,11-12,14,16,18,21H,2-4,7,9-10,13,15,17,19H2,1H3,(H,28,31)/t26-/m0/s1. The van der Waals surface area contributed by atoms with Crippen LogP contribution in [0.2, 0.25) is 0 Å². The van der Waals surface area contributed by atoms with E-state index in [1.165, 1.54) is 0 Å². The van der Waals surface area contributed by atoms with Crippen LogP contribution in [-0.2, 0) is 16.0 Å². The Kier molecular flexibility index (Phi) is 6.69. The Bertz CT molecular complexity index is 908. The smallest absolute Gasteiger partial charge is 0.228 e. The van der Waals surface area contributed by atoms with E-state index in [9.17, 15) is 9.59 Å². The Balaban J connectivity index is 1.59. The first kappa shape index (κ1) is 21.5. The molecule has 2 fully saturated rings. The molecule has 1 atom stereocenters. The summed E-state index contributed by atoms with van der Waals surface area (Å²) in [4.78, 5) is 32.7. The Morgan fingerprint density at radius 2 is 1.94 bits per heavy atom. The van der Waals surface area contributed by atoms with Crippen molar-refractivity contribution in [2.75, 3.05) is 19.6 Å². The average Bonchev–Trinajstić information content (AvgIpc) is 3.35. The number of aromatic nitrogens is 1. The van der Waals surface area contributed by atoms with Gasteiger partial charge in [-0.15, -0.1) is 0 Å². The molecule has 1 aromatic carbocycles. The summed E-state index contributed by atoms with van der Waals surface area (Å²) >= 11 is 0. The number of hydrogen-bond acceptors (Lipinski definition) is 3. The normalized spacial score (nSPS) is 21.8. The van der Waals surface area contributed by atoms with Crippen molar-refractivity contribution in [3.8, 4) is 11.1 Å². The Morgan fingerprint density at radius 3 is 2.68 bits per heavy atom. The second-order valence-corrected chi connectivity index (χ2v) is 9.10. The zero-order valence-electron chi connectivity index (χ0n) is 18.5. The molecule has 2 amide bonds. The minimum atomic E-state index is -0.573. The topological polar surface area (TPSA) is 62.3 Å². The molecule has 164 valence electrons. The van der Waals surface area contributed by atoms with Crippen molar-refractivity contribution in [2.45, 2.75) is 51.9 Å². The lowest BCUT2D eigenvalue weighted by atomic mass is 9.73. The number of amides is 2. The van der Waals surface area contributed by atoms with E-state index in [2.05, 4.69) is 28.5 Å². The first-order valence-electron chi connectivity index (χ1n) is 11.7. The van der Waals surface area contributed by atoms with E-state index in [0.29, 0.717) is 19.5 Å². The van der Waals surface area contributed by atoms with E-state index in [0.717, 1.165) is 61.8 Å². The van der Waals surface area contributed by atoms with Crippen molar-refractivity contribution in [2.24, 2.45) is 11.3 Å². The fraction of sp³-hybridized carbons (Fsp3) is 0.500. The first-order valence-corrected chi connectivity index (χ1v) is 11.7. The number of hydrogen-bond donors (Lipinski definition) is 1. The van der Waals surface area contributed by atoms with E-state index in [-0.39, 0.29) is 17.7 Å². The molecule has 5 heteroatoms. The molecule has 0 spiro atoms. The fourth-order valence-electron chi connectivity index (χ4n) is 5.29. The third-order valence-electron chi connectivity index (χ3n) is 6.88. The van der Waals surface area contributed by atoms with Crippen LogP contribution in [0, 0.1) is 11.3 Å². The second kappa shape index (κ2) is 9.63. The minimum absolute atomic E-state index is 0.0747.